The average Bonchev–Trinajstić information content (AvgIpc) is 2.08. The molecule has 0 spiro atoms. The molecule has 1 rings (SSSR count). The third-order valence-electron chi connectivity index (χ3n) is 2.08. The summed E-state index contributed by atoms with van der Waals surface area (Å²) < 4.78 is 21.9. The molecule has 0 saturated carbocycles. The Morgan fingerprint density at radius 1 is 1.55 bits per heavy atom. The fourth-order valence-electron chi connectivity index (χ4n) is 1.24. The van der Waals surface area contributed by atoms with Crippen molar-refractivity contribution in [1.82, 2.24) is 0 Å². The quantitative estimate of drug-likeness (QED) is 0.656. The van der Waals surface area contributed by atoms with E-state index < -0.39 is 9.84 Å². The molecule has 0 aromatic rings. The van der Waals surface area contributed by atoms with Crippen LogP contribution in [0.5, 0.6) is 0 Å². The van der Waals surface area contributed by atoms with Gasteiger partial charge in [0, 0.05) is 0 Å². The van der Waals surface area contributed by atoms with Gasteiger partial charge in [-0.15, -0.1) is 12.4 Å². The van der Waals surface area contributed by atoms with Crippen molar-refractivity contribution in [2.24, 2.45) is 11.1 Å². The minimum atomic E-state index is -2.75. The lowest BCUT2D eigenvalue weighted by Gasteiger charge is -2.17. The number of hydrogen-bond donors (Lipinski definition) is 1. The first kappa shape index (κ1) is 11.2. The van der Waals surface area contributed by atoms with E-state index in [1.165, 1.54) is 0 Å². The SMILES string of the molecule is CC1(CN)CCS(=O)(=O)C1.Cl. The van der Waals surface area contributed by atoms with Crippen molar-refractivity contribution in [2.45, 2.75) is 13.3 Å². The molecule has 68 valence electrons. The van der Waals surface area contributed by atoms with E-state index >= 15 is 0 Å². The van der Waals surface area contributed by atoms with E-state index in [1.54, 1.807) is 0 Å². The Hall–Kier alpha value is 0.200. The first-order valence-corrected chi connectivity index (χ1v) is 5.20. The third-order valence-corrected chi connectivity index (χ3v) is 4.04. The lowest BCUT2D eigenvalue weighted by molar-refractivity contribution is 0.391. The van der Waals surface area contributed by atoms with Gasteiger partial charge in [0.15, 0.2) is 9.84 Å². The Bertz CT molecular complexity index is 227. The van der Waals surface area contributed by atoms with Gasteiger partial charge in [-0.2, -0.15) is 0 Å². The highest BCUT2D eigenvalue weighted by Crippen LogP contribution is 2.29. The van der Waals surface area contributed by atoms with Gasteiger partial charge in [-0.1, -0.05) is 6.92 Å². The van der Waals surface area contributed by atoms with Gasteiger partial charge in [0.1, 0.15) is 0 Å². The first-order chi connectivity index (χ1) is 4.47. The lowest BCUT2D eigenvalue weighted by atomic mass is 9.91. The molecule has 1 unspecified atom stereocenters. The highest BCUT2D eigenvalue weighted by molar-refractivity contribution is 7.91. The number of hydrogen-bond acceptors (Lipinski definition) is 3. The molecule has 5 heteroatoms. The maximum absolute atomic E-state index is 10.9. The highest BCUT2D eigenvalue weighted by atomic mass is 35.5. The van der Waals surface area contributed by atoms with Crippen LogP contribution in [0.2, 0.25) is 0 Å². The monoisotopic (exact) mass is 199 g/mol. The minimum absolute atomic E-state index is 0. The molecule has 0 radical (unpaired) electrons. The molecule has 11 heavy (non-hydrogen) atoms. The highest BCUT2D eigenvalue weighted by Gasteiger charge is 2.36. The second kappa shape index (κ2) is 3.29. The zero-order valence-corrected chi connectivity index (χ0v) is 8.17. The van der Waals surface area contributed by atoms with E-state index in [4.69, 9.17) is 5.73 Å². The van der Waals surface area contributed by atoms with Crippen LogP contribution in [0, 0.1) is 5.41 Å². The van der Waals surface area contributed by atoms with Crippen molar-refractivity contribution in [2.75, 3.05) is 18.1 Å². The molecule has 0 aromatic carbocycles. The van der Waals surface area contributed by atoms with Crippen molar-refractivity contribution in [3.8, 4) is 0 Å². The van der Waals surface area contributed by atoms with Crippen molar-refractivity contribution >= 4 is 22.2 Å². The molecule has 3 nitrogen and oxygen atoms in total. The summed E-state index contributed by atoms with van der Waals surface area (Å²) in [4.78, 5) is 0. The van der Waals surface area contributed by atoms with E-state index in [-0.39, 0.29) is 23.6 Å². The van der Waals surface area contributed by atoms with Crippen LogP contribution in [-0.2, 0) is 9.84 Å². The maximum atomic E-state index is 10.9. The van der Waals surface area contributed by atoms with Crippen LogP contribution in [-0.4, -0.2) is 26.5 Å². The van der Waals surface area contributed by atoms with E-state index in [0.29, 0.717) is 12.3 Å². The molecular weight excluding hydrogens is 186 g/mol. The average molecular weight is 200 g/mol. The van der Waals surface area contributed by atoms with Gasteiger partial charge >= 0.3 is 0 Å². The smallest absolute Gasteiger partial charge is 0.150 e. The summed E-state index contributed by atoms with van der Waals surface area (Å²) in [7, 11) is -2.75. The summed E-state index contributed by atoms with van der Waals surface area (Å²) in [5.41, 5.74) is 5.28. The van der Waals surface area contributed by atoms with E-state index in [9.17, 15) is 8.42 Å². The zero-order valence-electron chi connectivity index (χ0n) is 6.54. The predicted molar refractivity (Wildman–Crippen MR) is 47.7 cm³/mol. The summed E-state index contributed by atoms with van der Waals surface area (Å²) in [5.74, 6) is 0.594. The van der Waals surface area contributed by atoms with Crippen LogP contribution in [0.25, 0.3) is 0 Å². The zero-order chi connectivity index (χ0) is 7.83. The van der Waals surface area contributed by atoms with Gasteiger partial charge < -0.3 is 5.73 Å². The summed E-state index contributed by atoms with van der Waals surface area (Å²) in [6, 6.07) is 0. The molecule has 1 heterocycles. The maximum Gasteiger partial charge on any atom is 0.150 e. The minimum Gasteiger partial charge on any atom is -0.330 e. The van der Waals surface area contributed by atoms with Gasteiger partial charge in [-0.25, -0.2) is 8.42 Å². The molecule has 0 amide bonds. The third kappa shape index (κ3) is 2.61. The summed E-state index contributed by atoms with van der Waals surface area (Å²) in [6.45, 7) is 2.41. The number of sulfone groups is 1. The molecule has 0 bridgehead atoms. The second-order valence-corrected chi connectivity index (χ2v) is 5.54. The molecule has 1 atom stereocenters. The van der Waals surface area contributed by atoms with Crippen LogP contribution in [0.1, 0.15) is 13.3 Å². The standard InChI is InChI=1S/C6H13NO2S.ClH/c1-6(4-7)2-3-10(8,9)5-6;/h2-5,7H2,1H3;1H. The van der Waals surface area contributed by atoms with Crippen LogP contribution in [0.15, 0.2) is 0 Å². The molecule has 1 aliphatic heterocycles. The number of nitrogens with two attached hydrogens (primary N) is 1. The van der Waals surface area contributed by atoms with Gasteiger partial charge in [-0.05, 0) is 18.4 Å². The lowest BCUT2D eigenvalue weighted by Crippen LogP contribution is -2.27. The van der Waals surface area contributed by atoms with Gasteiger partial charge in [0.05, 0.1) is 11.5 Å². The normalized spacial score (nSPS) is 34.7. The van der Waals surface area contributed by atoms with Crippen molar-refractivity contribution in [1.29, 1.82) is 0 Å². The fraction of sp³-hybridized carbons (Fsp3) is 1.00. The fourth-order valence-corrected chi connectivity index (χ4v) is 3.51. The molecule has 1 aliphatic rings. The van der Waals surface area contributed by atoms with Crippen molar-refractivity contribution in [3.63, 3.8) is 0 Å². The second-order valence-electron chi connectivity index (χ2n) is 3.36. The Morgan fingerprint density at radius 3 is 2.27 bits per heavy atom. The number of halogens is 1. The summed E-state index contributed by atoms with van der Waals surface area (Å²) >= 11 is 0. The van der Waals surface area contributed by atoms with Crippen LogP contribution in [0.3, 0.4) is 0 Å². The largest absolute Gasteiger partial charge is 0.330 e. The molecular formula is C6H14ClNO2S. The summed E-state index contributed by atoms with van der Waals surface area (Å²) in [5, 5.41) is 0. The molecule has 0 aromatic heterocycles. The van der Waals surface area contributed by atoms with E-state index in [2.05, 4.69) is 0 Å². The molecule has 1 saturated heterocycles. The number of rotatable bonds is 1. The van der Waals surface area contributed by atoms with Crippen molar-refractivity contribution in [3.05, 3.63) is 0 Å². The van der Waals surface area contributed by atoms with Gasteiger partial charge in [0.2, 0.25) is 0 Å². The van der Waals surface area contributed by atoms with E-state index in [0.717, 1.165) is 6.42 Å². The Kier molecular flexibility index (Phi) is 3.35. The van der Waals surface area contributed by atoms with Gasteiger partial charge in [-0.3, -0.25) is 0 Å². The Balaban J connectivity index is 0.000001000. The first-order valence-electron chi connectivity index (χ1n) is 3.38. The summed E-state index contributed by atoms with van der Waals surface area (Å²) in [6.07, 6.45) is 0.728. The van der Waals surface area contributed by atoms with Crippen LogP contribution >= 0.6 is 12.4 Å². The predicted octanol–water partition coefficient (Wildman–Crippen LogP) is 0.192. The van der Waals surface area contributed by atoms with E-state index in [1.807, 2.05) is 6.92 Å². The topological polar surface area (TPSA) is 60.2 Å². The molecule has 0 aliphatic carbocycles. The van der Waals surface area contributed by atoms with Gasteiger partial charge in [0.25, 0.3) is 0 Å². The molecule has 2 N–H and O–H groups in total. The Labute approximate surface area is 73.7 Å². The van der Waals surface area contributed by atoms with Crippen molar-refractivity contribution < 1.29 is 8.42 Å². The Morgan fingerprint density at radius 2 is 2.09 bits per heavy atom. The van der Waals surface area contributed by atoms with Crippen LogP contribution in [0.4, 0.5) is 0 Å². The van der Waals surface area contributed by atoms with Crippen LogP contribution < -0.4 is 5.73 Å². The molecule has 1 fully saturated rings.